The van der Waals surface area contributed by atoms with E-state index in [4.69, 9.17) is 9.65 Å². The first-order chi connectivity index (χ1) is 17.3. The molecule has 4 aliphatic heterocycles. The van der Waals surface area contributed by atoms with Crippen LogP contribution in [0.2, 0.25) is 0 Å². The van der Waals surface area contributed by atoms with E-state index in [9.17, 15) is 0 Å². The van der Waals surface area contributed by atoms with Crippen LogP contribution in [0.1, 0.15) is 16.7 Å². The molecule has 0 saturated carbocycles. The molecule has 3 aromatic carbocycles. The summed E-state index contributed by atoms with van der Waals surface area (Å²) in [4.78, 5) is 9.80. The fraction of sp³-hybridized carbons (Fsp3) is 0.0345. The molecule has 35 heavy (non-hydrogen) atoms. The van der Waals surface area contributed by atoms with Gasteiger partial charge in [-0.1, -0.05) is 66.7 Å². The summed E-state index contributed by atoms with van der Waals surface area (Å²) < 4.78 is 9.45. The Morgan fingerprint density at radius 2 is 1.63 bits per heavy atom. The van der Waals surface area contributed by atoms with Crippen molar-refractivity contribution in [3.63, 3.8) is 0 Å². The second-order valence-corrected chi connectivity index (χ2v) is 9.30. The zero-order valence-electron chi connectivity index (χ0n) is 19.0. The number of allylic oxidation sites excluding steroid dienone is 2. The molecule has 0 N–H and O–H groups in total. The van der Waals surface area contributed by atoms with Gasteiger partial charge in [-0.15, -0.1) is 0 Å². The third-order valence-electron chi connectivity index (χ3n) is 7.44. The van der Waals surface area contributed by atoms with Gasteiger partial charge in [-0.3, -0.25) is 0 Å². The van der Waals surface area contributed by atoms with Gasteiger partial charge in [0.05, 0.1) is 5.75 Å². The molecule has 4 aliphatic rings. The molecule has 8 rings (SSSR count). The zero-order chi connectivity index (χ0) is 23.0. The second-order valence-electron chi connectivity index (χ2n) is 9.30. The number of benzene rings is 3. The molecular weight excluding hydrogens is 431 g/mol. The summed E-state index contributed by atoms with van der Waals surface area (Å²) in [5.74, 6) is 2.56. The zero-order valence-corrected chi connectivity index (χ0v) is 19.0. The Kier molecular flexibility index (Phi) is 3.62. The maximum absolute atomic E-state index is 7.24. The van der Waals surface area contributed by atoms with Crippen LogP contribution < -0.4 is 13.9 Å². The van der Waals surface area contributed by atoms with E-state index in [0.717, 1.165) is 29.5 Å². The normalized spacial score (nSPS) is 20.1. The summed E-state index contributed by atoms with van der Waals surface area (Å²) in [6.45, 7) is -2.04. The highest BCUT2D eigenvalue weighted by atomic mass is 16.5. The van der Waals surface area contributed by atoms with Crippen molar-refractivity contribution in [2.24, 2.45) is 4.99 Å². The first kappa shape index (κ1) is 18.8. The topological polar surface area (TPSA) is 32.0 Å². The average molecular weight is 452 g/mol. The molecule has 166 valence electrons. The number of nitrogens with zero attached hydrogens (tertiary/aromatic N) is 4. The van der Waals surface area contributed by atoms with E-state index in [0.29, 0.717) is 0 Å². The van der Waals surface area contributed by atoms with E-state index >= 15 is 0 Å². The molecule has 0 bridgehead atoms. The number of aromatic nitrogens is 1. The third-order valence-corrected chi connectivity index (χ3v) is 7.44. The van der Waals surface area contributed by atoms with Crippen molar-refractivity contribution in [2.75, 3.05) is 4.81 Å². The average Bonchev–Trinajstić information content (AvgIpc) is 2.91. The van der Waals surface area contributed by atoms with Gasteiger partial charge < -0.3 is 18.8 Å². The summed E-state index contributed by atoms with van der Waals surface area (Å²) >= 11 is 0. The number of hydrogen-bond donors (Lipinski definition) is 0. The van der Waals surface area contributed by atoms with Gasteiger partial charge in [0, 0.05) is 47.4 Å². The van der Waals surface area contributed by atoms with E-state index < -0.39 is 6.75 Å². The van der Waals surface area contributed by atoms with Gasteiger partial charge in [0.15, 0.2) is 0 Å². The van der Waals surface area contributed by atoms with E-state index in [-0.39, 0.29) is 0 Å². The van der Waals surface area contributed by atoms with Gasteiger partial charge in [0.2, 0.25) is 5.84 Å². The van der Waals surface area contributed by atoms with Gasteiger partial charge in [0.1, 0.15) is 0 Å². The van der Waals surface area contributed by atoms with Crippen LogP contribution in [0.3, 0.4) is 0 Å². The predicted molar refractivity (Wildman–Crippen MR) is 139 cm³/mol. The lowest BCUT2D eigenvalue weighted by atomic mass is 9.65. The number of aliphatic imine (C=N–C) groups is 1. The Morgan fingerprint density at radius 3 is 2.57 bits per heavy atom. The molecule has 0 saturated heterocycles. The van der Waals surface area contributed by atoms with Crippen molar-refractivity contribution in [1.82, 2.24) is 4.81 Å². The number of hydrogen-bond acceptors (Lipinski definition) is 4. The van der Waals surface area contributed by atoms with Crippen LogP contribution in [0.5, 0.6) is 5.75 Å². The van der Waals surface area contributed by atoms with E-state index in [1.807, 2.05) is 36.4 Å². The Morgan fingerprint density at radius 1 is 0.800 bits per heavy atom. The molecule has 0 amide bonds. The Balaban J connectivity index is 1.55. The molecule has 0 spiro atoms. The Hall–Kier alpha value is -4.58. The fourth-order valence-corrected chi connectivity index (χ4v) is 6.12. The minimum atomic E-state index is -2.04. The van der Waals surface area contributed by atoms with Gasteiger partial charge >= 0.3 is 6.75 Å². The molecule has 0 radical (unpaired) electrons. The highest BCUT2D eigenvalue weighted by Crippen LogP contribution is 2.52. The van der Waals surface area contributed by atoms with Gasteiger partial charge in [-0.05, 0) is 46.5 Å². The standard InChI is InChI=1S/C29H21BN4O/c1-2-12-23(13-3-1)35-30-32-19-7-6-17-27(32)31-28-18-9-16-26(33(28)30)24-14-8-11-22-20-21-10-4-5-15-25(21)34(30)29(22)24/h1-19H,20H2. The van der Waals surface area contributed by atoms with Crippen molar-refractivity contribution in [2.45, 2.75) is 6.42 Å². The van der Waals surface area contributed by atoms with Crippen LogP contribution in [0.4, 0.5) is 17.2 Å². The van der Waals surface area contributed by atoms with E-state index in [1.165, 1.54) is 28.1 Å². The molecule has 1 aromatic heterocycles. The van der Waals surface area contributed by atoms with Crippen LogP contribution >= 0.6 is 0 Å². The molecule has 6 heteroatoms. The van der Waals surface area contributed by atoms with Crippen molar-refractivity contribution in [1.29, 1.82) is 0 Å². The van der Waals surface area contributed by atoms with Crippen molar-refractivity contribution >= 4 is 35.5 Å². The molecule has 5 nitrogen and oxygen atoms in total. The highest BCUT2D eigenvalue weighted by molar-refractivity contribution is 6.75. The molecule has 1 atom stereocenters. The maximum Gasteiger partial charge on any atom is 0.595 e. The molecule has 4 aromatic rings. The van der Waals surface area contributed by atoms with Crippen LogP contribution in [0, 0.1) is 0 Å². The molecule has 1 unspecified atom stereocenters. The van der Waals surface area contributed by atoms with Crippen LogP contribution in [0.25, 0.3) is 5.70 Å². The molecule has 5 heterocycles. The van der Waals surface area contributed by atoms with Gasteiger partial charge in [-0.25, -0.2) is 0 Å². The Bertz CT molecular complexity index is 1630. The van der Waals surface area contributed by atoms with Crippen molar-refractivity contribution in [3.8, 4) is 5.75 Å². The SMILES string of the molecule is C1=CC2=Nc3cccc[n+]3[B-]3(Oc4ccccc4)N2C(=C1)c1cccc2c1N3c1ccccc1C2. The lowest BCUT2D eigenvalue weighted by Gasteiger charge is -2.61. The largest absolute Gasteiger partial charge is 0.641 e. The lowest BCUT2D eigenvalue weighted by Crippen LogP contribution is -2.88. The number of para-hydroxylation sites is 3. The first-order valence-corrected chi connectivity index (χ1v) is 12.0. The van der Waals surface area contributed by atoms with Gasteiger partial charge in [-0.2, -0.15) is 0 Å². The monoisotopic (exact) mass is 452 g/mol. The predicted octanol–water partition coefficient (Wildman–Crippen LogP) is 5.35. The smallest absolute Gasteiger partial charge is 0.595 e. The van der Waals surface area contributed by atoms with E-state index in [2.05, 4.69) is 93.1 Å². The summed E-state index contributed by atoms with van der Waals surface area (Å²) in [5.41, 5.74) is 7.28. The third kappa shape index (κ3) is 2.38. The van der Waals surface area contributed by atoms with Crippen LogP contribution in [0.15, 0.2) is 120 Å². The van der Waals surface area contributed by atoms with Gasteiger partial charge in [0.25, 0.3) is 5.82 Å². The Labute approximate surface area is 203 Å². The lowest BCUT2D eigenvalue weighted by molar-refractivity contribution is -0.553. The van der Waals surface area contributed by atoms with Crippen molar-refractivity contribution < 1.29 is 9.13 Å². The minimum absolute atomic E-state index is 0.814. The molecule has 0 aliphatic carbocycles. The number of anilines is 2. The maximum atomic E-state index is 7.24. The summed E-state index contributed by atoms with van der Waals surface area (Å²) in [6.07, 6.45) is 9.35. The van der Waals surface area contributed by atoms with Crippen LogP contribution in [-0.4, -0.2) is 17.4 Å². The summed E-state index contributed by atoms with van der Waals surface area (Å²) in [6, 6.07) is 31.6. The first-order valence-electron chi connectivity index (χ1n) is 12.0. The van der Waals surface area contributed by atoms with Crippen LogP contribution in [-0.2, 0) is 6.42 Å². The number of fused-ring (bicyclic) bond motifs is 6. The van der Waals surface area contributed by atoms with Crippen molar-refractivity contribution in [3.05, 3.63) is 132 Å². The minimum Gasteiger partial charge on any atom is -0.641 e. The number of pyridine rings is 1. The van der Waals surface area contributed by atoms with E-state index in [1.54, 1.807) is 0 Å². The fourth-order valence-electron chi connectivity index (χ4n) is 6.12. The highest BCUT2D eigenvalue weighted by Gasteiger charge is 2.61. The summed E-state index contributed by atoms with van der Waals surface area (Å²) in [7, 11) is 0. The molecular formula is C29H21BN4O. The quantitative estimate of drug-likeness (QED) is 0.385. The second kappa shape index (κ2) is 6.73. The number of amidine groups is 1. The number of rotatable bonds is 2. The summed E-state index contributed by atoms with van der Waals surface area (Å²) in [5, 5.41) is 0. The molecule has 0 fully saturated rings.